The predicted octanol–water partition coefficient (Wildman–Crippen LogP) is 0.959. The molecule has 0 aliphatic heterocycles. The van der Waals surface area contributed by atoms with Gasteiger partial charge >= 0.3 is 5.97 Å². The van der Waals surface area contributed by atoms with E-state index in [1.807, 2.05) is 0 Å². The van der Waals surface area contributed by atoms with Gasteiger partial charge in [0.1, 0.15) is 0 Å². The van der Waals surface area contributed by atoms with Gasteiger partial charge in [0, 0.05) is 12.5 Å². The lowest BCUT2D eigenvalue weighted by atomic mass is 9.96. The molecule has 0 spiro atoms. The molecule has 2 aliphatic rings. The highest BCUT2D eigenvalue weighted by Crippen LogP contribution is 2.44. The van der Waals surface area contributed by atoms with Crippen molar-refractivity contribution in [3.8, 4) is 0 Å². The third-order valence-electron chi connectivity index (χ3n) is 3.87. The van der Waals surface area contributed by atoms with Crippen LogP contribution >= 0.6 is 0 Å². The summed E-state index contributed by atoms with van der Waals surface area (Å²) in [4.78, 5) is 10.3. The molecule has 2 bridgehead atoms. The number of carboxylic acid groups (broad SMARTS) is 1. The Morgan fingerprint density at radius 1 is 1.29 bits per heavy atom. The van der Waals surface area contributed by atoms with E-state index in [4.69, 9.17) is 5.11 Å². The van der Waals surface area contributed by atoms with E-state index in [2.05, 4.69) is 4.72 Å². The second kappa shape index (κ2) is 4.94. The Morgan fingerprint density at radius 2 is 2.06 bits per heavy atom. The maximum absolute atomic E-state index is 11.7. The number of carbonyl (C=O) groups is 1. The van der Waals surface area contributed by atoms with Crippen LogP contribution in [0.2, 0.25) is 0 Å². The molecule has 2 rings (SSSR count). The van der Waals surface area contributed by atoms with Crippen molar-refractivity contribution in [3.05, 3.63) is 0 Å². The van der Waals surface area contributed by atoms with Gasteiger partial charge in [-0.2, -0.15) is 0 Å². The van der Waals surface area contributed by atoms with Gasteiger partial charge < -0.3 is 5.11 Å². The van der Waals surface area contributed by atoms with Crippen molar-refractivity contribution in [2.24, 2.45) is 11.8 Å². The predicted molar refractivity (Wildman–Crippen MR) is 63.0 cm³/mol. The van der Waals surface area contributed by atoms with Gasteiger partial charge in [0.2, 0.25) is 10.0 Å². The van der Waals surface area contributed by atoms with E-state index in [0.717, 1.165) is 19.3 Å². The molecule has 0 radical (unpaired) electrons. The van der Waals surface area contributed by atoms with Crippen LogP contribution in [0.3, 0.4) is 0 Å². The average Bonchev–Trinajstić information content (AvgIpc) is 2.76. The highest BCUT2D eigenvalue weighted by atomic mass is 32.2. The minimum absolute atomic E-state index is 0.0762. The number of sulfonamides is 1. The van der Waals surface area contributed by atoms with E-state index >= 15 is 0 Å². The monoisotopic (exact) mass is 261 g/mol. The van der Waals surface area contributed by atoms with Crippen LogP contribution in [0.5, 0.6) is 0 Å². The van der Waals surface area contributed by atoms with Crippen LogP contribution in [-0.2, 0) is 14.8 Å². The fraction of sp³-hybridized carbons (Fsp3) is 0.909. The molecule has 6 heteroatoms. The minimum Gasteiger partial charge on any atom is -0.481 e. The van der Waals surface area contributed by atoms with Crippen LogP contribution in [-0.4, -0.2) is 31.3 Å². The second-order valence-electron chi connectivity index (χ2n) is 5.22. The highest BCUT2D eigenvalue weighted by Gasteiger charge is 2.40. The maximum atomic E-state index is 11.7. The van der Waals surface area contributed by atoms with Crippen LogP contribution in [0, 0.1) is 11.8 Å². The van der Waals surface area contributed by atoms with Crippen LogP contribution in [0.25, 0.3) is 0 Å². The van der Waals surface area contributed by atoms with Gasteiger partial charge in [-0.3, -0.25) is 4.79 Å². The number of hydrogen-bond acceptors (Lipinski definition) is 3. The number of fused-ring (bicyclic) bond motifs is 2. The van der Waals surface area contributed by atoms with Gasteiger partial charge in [0.25, 0.3) is 0 Å². The van der Waals surface area contributed by atoms with Crippen molar-refractivity contribution < 1.29 is 18.3 Å². The zero-order valence-electron chi connectivity index (χ0n) is 9.76. The smallest absolute Gasteiger partial charge is 0.303 e. The molecular weight excluding hydrogens is 242 g/mol. The molecule has 2 saturated carbocycles. The summed E-state index contributed by atoms with van der Waals surface area (Å²) in [5.74, 6) is 0.189. The van der Waals surface area contributed by atoms with Crippen molar-refractivity contribution in [3.63, 3.8) is 0 Å². The van der Waals surface area contributed by atoms with Gasteiger partial charge in [0.15, 0.2) is 0 Å². The molecule has 3 unspecified atom stereocenters. The summed E-state index contributed by atoms with van der Waals surface area (Å²) < 4.78 is 26.2. The normalized spacial score (nSPS) is 31.9. The molecule has 0 aromatic carbocycles. The van der Waals surface area contributed by atoms with Crippen molar-refractivity contribution in [1.29, 1.82) is 0 Å². The van der Waals surface area contributed by atoms with E-state index in [-0.39, 0.29) is 24.6 Å². The SMILES string of the molecule is O=C(O)CCCS(=O)(=O)NC1CC2CCC1C2. The molecule has 0 aromatic heterocycles. The van der Waals surface area contributed by atoms with Crippen LogP contribution in [0.1, 0.15) is 38.5 Å². The Morgan fingerprint density at radius 3 is 2.59 bits per heavy atom. The van der Waals surface area contributed by atoms with Crippen LogP contribution in [0.15, 0.2) is 0 Å². The number of carboxylic acids is 1. The first kappa shape index (κ1) is 12.8. The van der Waals surface area contributed by atoms with E-state index in [0.29, 0.717) is 11.8 Å². The quantitative estimate of drug-likeness (QED) is 0.746. The highest BCUT2D eigenvalue weighted by molar-refractivity contribution is 7.89. The lowest BCUT2D eigenvalue weighted by Crippen LogP contribution is -2.39. The molecule has 2 aliphatic carbocycles. The Hall–Kier alpha value is -0.620. The number of aliphatic carboxylic acids is 1. The van der Waals surface area contributed by atoms with Crippen molar-refractivity contribution >= 4 is 16.0 Å². The standard InChI is InChI=1S/C11H19NO4S/c13-11(14)2-1-5-17(15,16)12-10-7-8-3-4-9(10)6-8/h8-10,12H,1-7H2,(H,13,14). The zero-order valence-corrected chi connectivity index (χ0v) is 10.6. The Labute approximate surface area is 102 Å². The van der Waals surface area contributed by atoms with Gasteiger partial charge in [-0.25, -0.2) is 13.1 Å². The Bertz CT molecular complexity index is 392. The van der Waals surface area contributed by atoms with Crippen molar-refractivity contribution in [2.45, 2.75) is 44.6 Å². The van der Waals surface area contributed by atoms with Crippen LogP contribution in [0.4, 0.5) is 0 Å². The largest absolute Gasteiger partial charge is 0.481 e. The molecule has 0 aromatic rings. The molecule has 0 amide bonds. The van der Waals surface area contributed by atoms with Gasteiger partial charge in [0.05, 0.1) is 5.75 Å². The zero-order chi connectivity index (χ0) is 12.5. The Balaban J connectivity index is 1.79. The third-order valence-corrected chi connectivity index (χ3v) is 5.36. The summed E-state index contributed by atoms with van der Waals surface area (Å²) in [7, 11) is -3.30. The van der Waals surface area contributed by atoms with E-state index in [1.165, 1.54) is 6.42 Å². The fourth-order valence-corrected chi connectivity index (χ4v) is 4.48. The van der Waals surface area contributed by atoms with Gasteiger partial charge in [-0.1, -0.05) is 6.42 Å². The average molecular weight is 261 g/mol. The first-order valence-electron chi connectivity index (χ1n) is 6.18. The van der Waals surface area contributed by atoms with E-state index in [9.17, 15) is 13.2 Å². The Kier molecular flexibility index (Phi) is 3.73. The molecule has 3 atom stereocenters. The van der Waals surface area contributed by atoms with Crippen molar-refractivity contribution in [1.82, 2.24) is 4.72 Å². The second-order valence-corrected chi connectivity index (χ2v) is 7.09. The molecule has 5 nitrogen and oxygen atoms in total. The lowest BCUT2D eigenvalue weighted by molar-refractivity contribution is -0.137. The van der Waals surface area contributed by atoms with Gasteiger partial charge in [-0.15, -0.1) is 0 Å². The summed E-state index contributed by atoms with van der Waals surface area (Å²) in [6, 6.07) is 0.101. The lowest BCUT2D eigenvalue weighted by Gasteiger charge is -2.22. The molecule has 0 heterocycles. The summed E-state index contributed by atoms with van der Waals surface area (Å²) in [5, 5.41) is 8.47. The van der Waals surface area contributed by atoms with E-state index in [1.54, 1.807) is 0 Å². The number of hydrogen-bond donors (Lipinski definition) is 2. The molecule has 0 saturated heterocycles. The molecule has 2 fully saturated rings. The number of rotatable bonds is 6. The summed E-state index contributed by atoms with van der Waals surface area (Å²) in [6.07, 6.45) is 4.59. The van der Waals surface area contributed by atoms with E-state index < -0.39 is 16.0 Å². The fourth-order valence-electron chi connectivity index (χ4n) is 3.09. The minimum atomic E-state index is -3.30. The molecular formula is C11H19NO4S. The van der Waals surface area contributed by atoms with Crippen molar-refractivity contribution in [2.75, 3.05) is 5.75 Å². The van der Waals surface area contributed by atoms with Crippen LogP contribution < -0.4 is 4.72 Å². The van der Waals surface area contributed by atoms with Gasteiger partial charge in [-0.05, 0) is 37.5 Å². The third kappa shape index (κ3) is 3.42. The topological polar surface area (TPSA) is 83.5 Å². The summed E-state index contributed by atoms with van der Waals surface area (Å²) in [6.45, 7) is 0. The number of nitrogens with one attached hydrogen (secondary N) is 1. The maximum Gasteiger partial charge on any atom is 0.303 e. The first-order chi connectivity index (χ1) is 7.96. The summed E-state index contributed by atoms with van der Waals surface area (Å²) in [5.41, 5.74) is 0. The molecule has 2 N–H and O–H groups in total. The molecule has 17 heavy (non-hydrogen) atoms. The first-order valence-corrected chi connectivity index (χ1v) is 7.83. The summed E-state index contributed by atoms with van der Waals surface area (Å²) >= 11 is 0. The molecule has 98 valence electrons.